The van der Waals surface area contributed by atoms with E-state index in [1.54, 1.807) is 24.3 Å². The van der Waals surface area contributed by atoms with E-state index >= 15 is 0 Å². The summed E-state index contributed by atoms with van der Waals surface area (Å²) in [6.45, 7) is 7.85. The third-order valence-electron chi connectivity index (χ3n) is 5.56. The van der Waals surface area contributed by atoms with Crippen molar-refractivity contribution in [3.8, 4) is 0 Å². The van der Waals surface area contributed by atoms with Crippen molar-refractivity contribution in [2.45, 2.75) is 45.6 Å². The number of piperidine rings is 1. The van der Waals surface area contributed by atoms with Gasteiger partial charge in [-0.15, -0.1) is 0 Å². The predicted molar refractivity (Wildman–Crippen MR) is 125 cm³/mol. The Bertz CT molecular complexity index is 943. The van der Waals surface area contributed by atoms with Crippen LogP contribution >= 0.6 is 0 Å². The standard InChI is InChI=1S/C23H33N3O5S/c1-23(2,3)31-22(28)24-17-19-11-14-25(15-12-19)21(27)10-7-18-5-8-20(9-6-18)26-13-4-16-32(26,29)30/h5-10,19H,4,11-17H2,1-3H3,(H,24,28)/b10-7+. The molecule has 1 aromatic carbocycles. The highest BCUT2D eigenvalue weighted by molar-refractivity contribution is 7.93. The lowest BCUT2D eigenvalue weighted by Gasteiger charge is -2.31. The van der Waals surface area contributed by atoms with Crippen molar-refractivity contribution >= 4 is 33.8 Å². The topological polar surface area (TPSA) is 96.0 Å². The van der Waals surface area contributed by atoms with Gasteiger partial charge in [-0.2, -0.15) is 0 Å². The minimum absolute atomic E-state index is 0.0465. The van der Waals surface area contributed by atoms with Crippen molar-refractivity contribution in [1.29, 1.82) is 0 Å². The molecule has 0 bridgehead atoms. The van der Waals surface area contributed by atoms with E-state index in [9.17, 15) is 18.0 Å². The quantitative estimate of drug-likeness (QED) is 0.677. The third kappa shape index (κ3) is 6.72. The number of ether oxygens (including phenoxy) is 1. The maximum atomic E-state index is 12.5. The number of sulfonamides is 1. The van der Waals surface area contributed by atoms with Gasteiger partial charge in [0.2, 0.25) is 15.9 Å². The first-order valence-electron chi connectivity index (χ1n) is 11.1. The summed E-state index contributed by atoms with van der Waals surface area (Å²) >= 11 is 0. The Balaban J connectivity index is 1.44. The maximum Gasteiger partial charge on any atom is 0.407 e. The van der Waals surface area contributed by atoms with E-state index in [4.69, 9.17) is 4.74 Å². The molecule has 176 valence electrons. The van der Waals surface area contributed by atoms with Gasteiger partial charge in [0.1, 0.15) is 5.60 Å². The number of rotatable bonds is 5. The van der Waals surface area contributed by atoms with Crippen molar-refractivity contribution in [3.63, 3.8) is 0 Å². The molecule has 2 saturated heterocycles. The van der Waals surface area contributed by atoms with E-state index < -0.39 is 21.7 Å². The first-order valence-corrected chi connectivity index (χ1v) is 12.7. The minimum Gasteiger partial charge on any atom is -0.444 e. The number of carbonyl (C=O) groups is 2. The van der Waals surface area contributed by atoms with Gasteiger partial charge in [0.05, 0.1) is 11.4 Å². The smallest absolute Gasteiger partial charge is 0.407 e. The molecule has 2 amide bonds. The Morgan fingerprint density at radius 1 is 1.12 bits per heavy atom. The second-order valence-corrected chi connectivity index (χ2v) is 11.3. The summed E-state index contributed by atoms with van der Waals surface area (Å²) in [7, 11) is -3.19. The number of benzene rings is 1. The Kier molecular flexibility index (Phi) is 7.48. The van der Waals surface area contributed by atoms with Crippen LogP contribution in [-0.4, -0.2) is 62.9 Å². The number of hydrogen-bond acceptors (Lipinski definition) is 5. The molecule has 1 N–H and O–H groups in total. The Labute approximate surface area is 190 Å². The van der Waals surface area contributed by atoms with Gasteiger partial charge in [-0.05, 0) is 69.7 Å². The van der Waals surface area contributed by atoms with Crippen molar-refractivity contribution in [2.75, 3.05) is 36.2 Å². The molecule has 0 aliphatic carbocycles. The lowest BCUT2D eigenvalue weighted by Crippen LogP contribution is -2.41. The summed E-state index contributed by atoms with van der Waals surface area (Å²) in [5.41, 5.74) is 0.987. The SMILES string of the molecule is CC(C)(C)OC(=O)NCC1CCN(C(=O)/C=C/c2ccc(N3CCCS3(=O)=O)cc2)CC1. The number of nitrogens with one attached hydrogen (secondary N) is 1. The van der Waals surface area contributed by atoms with E-state index in [2.05, 4.69) is 5.32 Å². The molecule has 2 aliphatic heterocycles. The molecule has 8 nitrogen and oxygen atoms in total. The van der Waals surface area contributed by atoms with Crippen LogP contribution in [-0.2, 0) is 19.6 Å². The van der Waals surface area contributed by atoms with E-state index in [1.165, 1.54) is 4.31 Å². The van der Waals surface area contributed by atoms with Crippen LogP contribution in [0.2, 0.25) is 0 Å². The third-order valence-corrected chi connectivity index (χ3v) is 7.43. The Morgan fingerprint density at radius 3 is 2.34 bits per heavy atom. The number of hydrogen-bond donors (Lipinski definition) is 1. The lowest BCUT2D eigenvalue weighted by molar-refractivity contribution is -0.127. The zero-order valence-corrected chi connectivity index (χ0v) is 19.9. The van der Waals surface area contributed by atoms with Crippen molar-refractivity contribution in [3.05, 3.63) is 35.9 Å². The number of carbonyl (C=O) groups excluding carboxylic acids is 2. The molecule has 3 rings (SSSR count). The molecule has 2 aliphatic rings. The van der Waals surface area contributed by atoms with Crippen LogP contribution in [0.3, 0.4) is 0 Å². The van der Waals surface area contributed by atoms with Gasteiger partial charge in [-0.3, -0.25) is 9.10 Å². The first kappa shape index (κ1) is 24.1. The second kappa shape index (κ2) is 9.94. The highest BCUT2D eigenvalue weighted by Crippen LogP contribution is 2.24. The molecule has 0 aromatic heterocycles. The number of anilines is 1. The fourth-order valence-electron chi connectivity index (χ4n) is 3.85. The second-order valence-electron chi connectivity index (χ2n) is 9.32. The van der Waals surface area contributed by atoms with Crippen LogP contribution in [0.1, 0.15) is 45.6 Å². The summed E-state index contributed by atoms with van der Waals surface area (Å²) < 4.78 is 30.7. The zero-order valence-electron chi connectivity index (χ0n) is 19.0. The first-order chi connectivity index (χ1) is 15.0. The number of nitrogens with zero attached hydrogens (tertiary/aromatic N) is 2. The molecule has 32 heavy (non-hydrogen) atoms. The predicted octanol–water partition coefficient (Wildman–Crippen LogP) is 3.00. The minimum atomic E-state index is -3.19. The molecule has 1 aromatic rings. The fourth-order valence-corrected chi connectivity index (χ4v) is 5.42. The van der Waals surface area contributed by atoms with Gasteiger partial charge >= 0.3 is 6.09 Å². The van der Waals surface area contributed by atoms with Crippen molar-refractivity contribution in [2.24, 2.45) is 5.92 Å². The fraction of sp³-hybridized carbons (Fsp3) is 0.565. The molecule has 0 radical (unpaired) electrons. The van der Waals surface area contributed by atoms with Crippen molar-refractivity contribution < 1.29 is 22.7 Å². The Hall–Kier alpha value is -2.55. The number of likely N-dealkylation sites (tertiary alicyclic amines) is 1. The van der Waals surface area contributed by atoms with Crippen LogP contribution in [0.15, 0.2) is 30.3 Å². The van der Waals surface area contributed by atoms with Gasteiger partial charge in [-0.25, -0.2) is 13.2 Å². The molecule has 2 heterocycles. The number of alkyl carbamates (subject to hydrolysis) is 1. The van der Waals surface area contributed by atoms with Crippen LogP contribution < -0.4 is 9.62 Å². The average molecular weight is 464 g/mol. The van der Waals surface area contributed by atoms with E-state index in [0.717, 1.165) is 18.4 Å². The van der Waals surface area contributed by atoms with Gasteiger partial charge in [0.25, 0.3) is 0 Å². The van der Waals surface area contributed by atoms with Crippen LogP contribution in [0.5, 0.6) is 0 Å². The largest absolute Gasteiger partial charge is 0.444 e. The molecule has 0 unspecified atom stereocenters. The molecule has 0 saturated carbocycles. The lowest BCUT2D eigenvalue weighted by atomic mass is 9.97. The maximum absolute atomic E-state index is 12.5. The summed E-state index contributed by atoms with van der Waals surface area (Å²) in [6.07, 6.45) is 5.20. The van der Waals surface area contributed by atoms with Crippen LogP contribution in [0, 0.1) is 5.92 Å². The van der Waals surface area contributed by atoms with Crippen LogP contribution in [0.25, 0.3) is 6.08 Å². The molecule has 0 spiro atoms. The van der Waals surface area contributed by atoms with Crippen LogP contribution in [0.4, 0.5) is 10.5 Å². The summed E-state index contributed by atoms with van der Waals surface area (Å²) in [4.78, 5) is 26.1. The normalized spacial score (nSPS) is 19.3. The summed E-state index contributed by atoms with van der Waals surface area (Å²) in [6, 6.07) is 7.19. The zero-order chi connectivity index (χ0) is 23.4. The molecular weight excluding hydrogens is 430 g/mol. The Morgan fingerprint density at radius 2 is 1.78 bits per heavy atom. The highest BCUT2D eigenvalue weighted by atomic mass is 32.2. The van der Waals surface area contributed by atoms with E-state index in [1.807, 2.05) is 37.8 Å². The average Bonchev–Trinajstić information content (AvgIpc) is 3.09. The van der Waals surface area contributed by atoms with Gasteiger partial charge in [0, 0.05) is 32.3 Å². The molecule has 9 heteroatoms. The van der Waals surface area contributed by atoms with Crippen molar-refractivity contribution in [1.82, 2.24) is 10.2 Å². The summed E-state index contributed by atoms with van der Waals surface area (Å²) in [5.74, 6) is 0.469. The summed E-state index contributed by atoms with van der Waals surface area (Å²) in [5, 5.41) is 2.81. The van der Waals surface area contributed by atoms with Gasteiger partial charge in [0.15, 0.2) is 0 Å². The monoisotopic (exact) mass is 463 g/mol. The highest BCUT2D eigenvalue weighted by Gasteiger charge is 2.28. The van der Waals surface area contributed by atoms with E-state index in [0.29, 0.717) is 44.2 Å². The molecule has 2 fully saturated rings. The molecular formula is C23H33N3O5S. The number of amides is 2. The van der Waals surface area contributed by atoms with Gasteiger partial charge in [-0.1, -0.05) is 12.1 Å². The van der Waals surface area contributed by atoms with E-state index in [-0.39, 0.29) is 11.7 Å². The van der Waals surface area contributed by atoms with Gasteiger partial charge < -0.3 is 15.0 Å². The molecule has 0 atom stereocenters.